The van der Waals surface area contributed by atoms with Gasteiger partial charge < -0.3 is 17.7 Å². The molecular weight excluding hydrogens is 296 g/mol. The van der Waals surface area contributed by atoms with Gasteiger partial charge in [0.2, 0.25) is 0 Å². The molecule has 4 heteroatoms. The maximum atomic E-state index is 12.7. The summed E-state index contributed by atoms with van der Waals surface area (Å²) in [5.41, 5.74) is 4.58. The Morgan fingerprint density at radius 3 is 2.00 bits per heavy atom. The maximum Gasteiger partial charge on any atom is 0.286 e. The number of para-hydroxylation sites is 2. The molecule has 116 valence electrons. The number of carbonyl (C=O) groups is 1. The molecule has 0 atom stereocenters. The van der Waals surface area contributed by atoms with Gasteiger partial charge in [-0.25, -0.2) is 0 Å². The molecule has 0 saturated carbocycles. The van der Waals surface area contributed by atoms with E-state index in [1.54, 1.807) is 0 Å². The van der Waals surface area contributed by atoms with Crippen molar-refractivity contribution in [1.82, 2.24) is 0 Å². The minimum absolute atomic E-state index is 0. The lowest BCUT2D eigenvalue weighted by Crippen LogP contribution is -3.00. The number of hydrogen-bond donors (Lipinski definition) is 1. The van der Waals surface area contributed by atoms with Crippen molar-refractivity contribution in [3.05, 3.63) is 59.7 Å². The fraction of sp³-hybridized carbons (Fsp3) is 0.278. The van der Waals surface area contributed by atoms with Crippen molar-refractivity contribution < 1.29 is 22.5 Å². The lowest BCUT2D eigenvalue weighted by atomic mass is 10.0. The average molecular weight is 317 g/mol. The van der Waals surface area contributed by atoms with E-state index in [1.807, 2.05) is 22.3 Å². The van der Waals surface area contributed by atoms with Gasteiger partial charge >= 0.3 is 0 Å². The van der Waals surface area contributed by atoms with Gasteiger partial charge in [0.15, 0.2) is 6.54 Å². The monoisotopic (exact) mass is 316 g/mol. The van der Waals surface area contributed by atoms with Crippen molar-refractivity contribution in [2.75, 3.05) is 18.0 Å². The molecule has 0 fully saturated rings. The van der Waals surface area contributed by atoms with Crippen molar-refractivity contribution in [1.29, 1.82) is 0 Å². The van der Waals surface area contributed by atoms with Crippen LogP contribution in [0.25, 0.3) is 0 Å². The van der Waals surface area contributed by atoms with Gasteiger partial charge in [-0.3, -0.25) is 9.69 Å². The van der Waals surface area contributed by atoms with E-state index < -0.39 is 0 Å². The zero-order chi connectivity index (χ0) is 14.7. The molecule has 0 spiro atoms. The largest absolute Gasteiger partial charge is 1.00 e. The van der Waals surface area contributed by atoms with Crippen molar-refractivity contribution in [2.45, 2.75) is 19.8 Å². The molecule has 2 aromatic carbocycles. The topological polar surface area (TPSA) is 36.9 Å². The molecular formula is C18H21ClN2O. The smallest absolute Gasteiger partial charge is 0.286 e. The van der Waals surface area contributed by atoms with E-state index in [2.05, 4.69) is 43.3 Å². The summed E-state index contributed by atoms with van der Waals surface area (Å²) in [7, 11) is 0. The van der Waals surface area contributed by atoms with Gasteiger partial charge in [0.05, 0.1) is 17.9 Å². The first-order valence-corrected chi connectivity index (χ1v) is 7.61. The number of anilines is 2. The number of likely N-dealkylation sites (N-methyl/N-ethyl adjacent to an activating group) is 1. The fourth-order valence-electron chi connectivity index (χ4n) is 2.91. The Labute approximate surface area is 137 Å². The van der Waals surface area contributed by atoms with Gasteiger partial charge in [-0.2, -0.15) is 0 Å². The minimum atomic E-state index is 0. The van der Waals surface area contributed by atoms with Crippen LogP contribution in [0.3, 0.4) is 0 Å². The summed E-state index contributed by atoms with van der Waals surface area (Å²) in [6.07, 6.45) is 1.96. The molecule has 0 unspecified atom stereocenters. The summed E-state index contributed by atoms with van der Waals surface area (Å²) in [4.78, 5) is 14.6. The summed E-state index contributed by atoms with van der Waals surface area (Å²) in [6, 6.07) is 16.5. The van der Waals surface area contributed by atoms with Crippen LogP contribution in [-0.2, 0) is 17.6 Å². The fourth-order valence-corrected chi connectivity index (χ4v) is 2.91. The number of nitrogens with two attached hydrogens (primary N) is 1. The third kappa shape index (κ3) is 3.16. The molecule has 0 saturated heterocycles. The molecule has 2 aromatic rings. The summed E-state index contributed by atoms with van der Waals surface area (Å²) in [5.74, 6) is 0.152. The zero-order valence-corrected chi connectivity index (χ0v) is 13.5. The molecule has 1 aliphatic rings. The van der Waals surface area contributed by atoms with E-state index in [0.29, 0.717) is 6.54 Å². The number of rotatable bonds is 3. The number of fused-ring (bicyclic) bond motifs is 2. The number of carbonyl (C=O) groups excluding carboxylic acids is 1. The Kier molecular flexibility index (Phi) is 5.58. The maximum absolute atomic E-state index is 12.7. The van der Waals surface area contributed by atoms with Gasteiger partial charge in [-0.05, 0) is 43.0 Å². The number of benzene rings is 2. The minimum Gasteiger partial charge on any atom is -1.00 e. The highest BCUT2D eigenvalue weighted by atomic mass is 35.5. The highest BCUT2D eigenvalue weighted by Gasteiger charge is 2.25. The second-order valence-electron chi connectivity index (χ2n) is 5.39. The molecule has 0 aliphatic carbocycles. The molecule has 3 rings (SSSR count). The lowest BCUT2D eigenvalue weighted by molar-refractivity contribution is -0.640. The van der Waals surface area contributed by atoms with Gasteiger partial charge in [-0.1, -0.05) is 36.4 Å². The highest BCUT2D eigenvalue weighted by molar-refractivity contribution is 6.02. The first-order chi connectivity index (χ1) is 10.3. The van der Waals surface area contributed by atoms with Crippen LogP contribution in [0.4, 0.5) is 11.4 Å². The van der Waals surface area contributed by atoms with Gasteiger partial charge in [0, 0.05) is 0 Å². The second kappa shape index (κ2) is 7.43. The number of aryl methyl sites for hydroxylation is 2. The third-order valence-corrected chi connectivity index (χ3v) is 3.99. The number of hydrogen-bond acceptors (Lipinski definition) is 1. The van der Waals surface area contributed by atoms with Crippen molar-refractivity contribution in [3.63, 3.8) is 0 Å². The molecule has 0 aromatic heterocycles. The first-order valence-electron chi connectivity index (χ1n) is 7.61. The van der Waals surface area contributed by atoms with Crippen molar-refractivity contribution in [3.8, 4) is 0 Å². The van der Waals surface area contributed by atoms with Crippen LogP contribution in [0.5, 0.6) is 0 Å². The standard InChI is InChI=1S/C18H20N2O.ClH/c1-2-19-13-18(21)20-16-9-5-3-7-14(16)11-12-15-8-4-6-10-17(15)20;/h3-10,19H,2,11-13H2,1H3;1H. The molecule has 22 heavy (non-hydrogen) atoms. The summed E-state index contributed by atoms with van der Waals surface area (Å²) >= 11 is 0. The Balaban J connectivity index is 0.00000176. The summed E-state index contributed by atoms with van der Waals surface area (Å²) in [5, 5.41) is 2.04. The van der Waals surface area contributed by atoms with Crippen LogP contribution in [0.2, 0.25) is 0 Å². The Morgan fingerprint density at radius 1 is 1.00 bits per heavy atom. The summed E-state index contributed by atoms with van der Waals surface area (Å²) in [6.45, 7) is 3.47. The number of amides is 1. The van der Waals surface area contributed by atoms with Crippen LogP contribution < -0.4 is 22.6 Å². The van der Waals surface area contributed by atoms with E-state index >= 15 is 0 Å². The Bertz CT molecular complexity index is 610. The molecule has 1 aliphatic heterocycles. The first kappa shape index (κ1) is 16.5. The van der Waals surface area contributed by atoms with E-state index in [0.717, 1.165) is 30.8 Å². The van der Waals surface area contributed by atoms with Crippen LogP contribution >= 0.6 is 0 Å². The van der Waals surface area contributed by atoms with Crippen molar-refractivity contribution in [2.24, 2.45) is 0 Å². The predicted octanol–water partition coefficient (Wildman–Crippen LogP) is -0.963. The van der Waals surface area contributed by atoms with E-state index in [-0.39, 0.29) is 18.3 Å². The van der Waals surface area contributed by atoms with Crippen LogP contribution in [0.1, 0.15) is 18.1 Å². The SMILES string of the molecule is CC[NH2+]CC(=O)N1c2ccccc2CCc2ccccc21.[Cl-]. The average Bonchev–Trinajstić information content (AvgIpc) is 2.69. The number of halogens is 1. The quantitative estimate of drug-likeness (QED) is 0.778. The lowest BCUT2D eigenvalue weighted by Gasteiger charge is -2.24. The Morgan fingerprint density at radius 2 is 1.50 bits per heavy atom. The molecule has 2 N–H and O–H groups in total. The molecule has 3 nitrogen and oxygen atoms in total. The van der Waals surface area contributed by atoms with E-state index in [4.69, 9.17) is 0 Å². The zero-order valence-electron chi connectivity index (χ0n) is 12.8. The van der Waals surface area contributed by atoms with Gasteiger partial charge in [-0.15, -0.1) is 0 Å². The molecule has 0 bridgehead atoms. The van der Waals surface area contributed by atoms with Gasteiger partial charge in [0.25, 0.3) is 5.91 Å². The molecule has 1 amide bonds. The van der Waals surface area contributed by atoms with Crippen LogP contribution in [-0.4, -0.2) is 19.0 Å². The highest BCUT2D eigenvalue weighted by Crippen LogP contribution is 2.35. The van der Waals surface area contributed by atoms with Crippen LogP contribution in [0.15, 0.2) is 48.5 Å². The second-order valence-corrected chi connectivity index (χ2v) is 5.39. The summed E-state index contributed by atoms with van der Waals surface area (Å²) < 4.78 is 0. The van der Waals surface area contributed by atoms with E-state index in [1.165, 1.54) is 11.1 Å². The normalized spacial score (nSPS) is 12.7. The molecule has 0 radical (unpaired) electrons. The Hall–Kier alpha value is -1.84. The number of nitrogens with zero attached hydrogens (tertiary/aromatic N) is 1. The third-order valence-electron chi connectivity index (χ3n) is 3.99. The van der Waals surface area contributed by atoms with E-state index in [9.17, 15) is 4.79 Å². The van der Waals surface area contributed by atoms with Crippen LogP contribution in [0, 0.1) is 0 Å². The molecule has 1 heterocycles. The number of quaternary nitrogens is 1. The predicted molar refractivity (Wildman–Crippen MR) is 84.8 cm³/mol. The van der Waals surface area contributed by atoms with Crippen molar-refractivity contribution >= 4 is 17.3 Å². The van der Waals surface area contributed by atoms with Gasteiger partial charge in [0.1, 0.15) is 0 Å².